The van der Waals surface area contributed by atoms with Gasteiger partial charge in [-0.05, 0) is 0 Å². The van der Waals surface area contributed by atoms with Crippen LogP contribution in [0.5, 0.6) is 0 Å². The van der Waals surface area contributed by atoms with E-state index in [2.05, 4.69) is 0 Å². The minimum absolute atomic E-state index is 0. The third kappa shape index (κ3) is 41.8. The second-order valence-electron chi connectivity index (χ2n) is 0.283. The molecule has 0 rings (SSSR count). The van der Waals surface area contributed by atoms with Gasteiger partial charge in [-0.2, -0.15) is 0 Å². The van der Waals surface area contributed by atoms with Crippen LogP contribution in [0.4, 0.5) is 4.79 Å². The largest absolute Gasteiger partial charge is 1.00 e. The maximum Gasteiger partial charge on any atom is 1.00 e. The Bertz CT molecular complexity index is 37.9. The van der Waals surface area contributed by atoms with Gasteiger partial charge >= 0.3 is 83.4 Å². The van der Waals surface area contributed by atoms with Crippen LogP contribution in [0.25, 0.3) is 0 Å². The molecule has 0 radical (unpaired) electrons. The van der Waals surface area contributed by atoms with Gasteiger partial charge < -0.3 is 11.6 Å². The molecule has 0 aromatic carbocycles. The van der Waals surface area contributed by atoms with Gasteiger partial charge in [-0.3, -0.25) is 0 Å². The Hall–Kier alpha value is 1.78. The van der Waals surface area contributed by atoms with Gasteiger partial charge in [0.2, 0.25) is 0 Å². The van der Waals surface area contributed by atoms with Crippen molar-refractivity contribution in [3.63, 3.8) is 0 Å². The number of carboxylic acid groups (broad SMARTS) is 2. The quantitative estimate of drug-likeness (QED) is 0.411. The Labute approximate surface area is 97.8 Å². The number of rotatable bonds is 0. The monoisotopic (exact) mass is 220 g/mol. The molecule has 0 aliphatic rings. The van der Waals surface area contributed by atoms with Crippen molar-refractivity contribution in [3.05, 3.63) is 0 Å². The molecular formula is CH6InKO3. The van der Waals surface area contributed by atoms with Crippen molar-refractivity contribution in [2.45, 2.75) is 0 Å². The van der Waals surface area contributed by atoms with Crippen molar-refractivity contribution < 1.29 is 67.8 Å². The summed E-state index contributed by atoms with van der Waals surface area (Å²) < 4.78 is 0. The molecule has 6 heavy (non-hydrogen) atoms. The van der Waals surface area contributed by atoms with Gasteiger partial charge in [-0.25, -0.2) is 4.79 Å². The maximum absolute atomic E-state index is 8.56. The summed E-state index contributed by atoms with van der Waals surface area (Å²) in [5.74, 6) is 0. The van der Waals surface area contributed by atoms with Crippen molar-refractivity contribution >= 4 is 32.0 Å². The predicted molar refractivity (Wildman–Crippen MR) is 21.7 cm³/mol. The molecule has 0 aromatic rings. The van der Waals surface area contributed by atoms with Crippen molar-refractivity contribution in [1.82, 2.24) is 0 Å². The van der Waals surface area contributed by atoms with Crippen LogP contribution in [0, 0.1) is 0 Å². The maximum atomic E-state index is 8.56. The molecule has 0 aromatic heterocycles. The van der Waals surface area contributed by atoms with Crippen molar-refractivity contribution in [3.8, 4) is 0 Å². The van der Waals surface area contributed by atoms with E-state index in [1.807, 2.05) is 0 Å². The van der Waals surface area contributed by atoms with Gasteiger partial charge in [-0.1, -0.05) is 0 Å². The van der Waals surface area contributed by atoms with Crippen molar-refractivity contribution in [2.75, 3.05) is 0 Å². The fraction of sp³-hybridized carbons (Fsp3) is 0. The van der Waals surface area contributed by atoms with Crippen LogP contribution in [0.2, 0.25) is 0 Å². The topological polar surface area (TPSA) is 57.5 Å². The first-order valence-electron chi connectivity index (χ1n) is 0.651. The molecule has 0 aliphatic heterocycles. The fourth-order valence-corrected chi connectivity index (χ4v) is 0. The minimum atomic E-state index is -1.83. The summed E-state index contributed by atoms with van der Waals surface area (Å²) in [5, 5.41) is 13.9. The number of hydrogen-bond acceptors (Lipinski definition) is 1. The number of hydrogen-bond donors (Lipinski definition) is 2. The van der Waals surface area contributed by atoms with Crippen LogP contribution >= 0.6 is 0 Å². The molecule has 3 nitrogen and oxygen atoms in total. The molecule has 0 spiro atoms. The minimum Gasteiger partial charge on any atom is 1.00 e. The zero-order valence-electron chi connectivity index (χ0n) is 3.80. The molecule has 32 valence electrons. The van der Waals surface area contributed by atoms with E-state index in [1.165, 1.54) is 0 Å². The molecule has 0 aliphatic carbocycles. The molecule has 0 saturated carbocycles. The molecule has 0 unspecified atom stereocenters. The van der Waals surface area contributed by atoms with Crippen LogP contribution in [0.15, 0.2) is 0 Å². The summed E-state index contributed by atoms with van der Waals surface area (Å²) in [5.41, 5.74) is 0. The third-order valence-electron chi connectivity index (χ3n) is 0. The molecule has 0 atom stereocenters. The van der Waals surface area contributed by atoms with Crippen molar-refractivity contribution in [2.24, 2.45) is 0 Å². The van der Waals surface area contributed by atoms with Crippen molar-refractivity contribution in [1.29, 1.82) is 0 Å². The fourth-order valence-electron chi connectivity index (χ4n) is 0. The smallest absolute Gasteiger partial charge is 1.00 e. The average molecular weight is 220 g/mol. The first-order valence-corrected chi connectivity index (χ1v) is 0.651. The molecule has 0 amide bonds. The van der Waals surface area contributed by atoms with Gasteiger partial charge in [0.05, 0.1) is 0 Å². The van der Waals surface area contributed by atoms with Crippen LogP contribution in [-0.4, -0.2) is 42.2 Å². The molecule has 0 heterocycles. The first-order chi connectivity index (χ1) is 1.73. The summed E-state index contributed by atoms with van der Waals surface area (Å²) in [6, 6.07) is 0. The first kappa shape index (κ1) is 15.7. The Kier molecular flexibility index (Phi) is 25.9. The Morgan fingerprint density at radius 2 is 1.50 bits per heavy atom. The van der Waals surface area contributed by atoms with Gasteiger partial charge in [0.15, 0.2) is 0 Å². The van der Waals surface area contributed by atoms with Gasteiger partial charge in [0.25, 0.3) is 0 Å². The van der Waals surface area contributed by atoms with E-state index in [0.717, 1.165) is 0 Å². The summed E-state index contributed by atoms with van der Waals surface area (Å²) in [6.45, 7) is 0. The zero-order chi connectivity index (χ0) is 3.58. The van der Waals surface area contributed by atoms with Crippen LogP contribution in [0.1, 0.15) is 1.43 Å². The van der Waals surface area contributed by atoms with E-state index >= 15 is 0 Å². The summed E-state index contributed by atoms with van der Waals surface area (Å²) in [6.07, 6.45) is -1.83. The molecule has 5 heteroatoms. The van der Waals surface area contributed by atoms with Crippen LogP contribution in [0.3, 0.4) is 0 Å². The third-order valence-corrected chi connectivity index (χ3v) is 0. The van der Waals surface area contributed by atoms with E-state index in [4.69, 9.17) is 15.0 Å². The molecule has 0 saturated heterocycles. The summed E-state index contributed by atoms with van der Waals surface area (Å²) in [7, 11) is 0. The Morgan fingerprint density at radius 3 is 1.50 bits per heavy atom. The van der Waals surface area contributed by atoms with E-state index < -0.39 is 6.16 Å². The van der Waals surface area contributed by atoms with Crippen LogP contribution in [-0.2, 0) is 0 Å². The summed E-state index contributed by atoms with van der Waals surface area (Å²) >= 11 is 0. The van der Waals surface area contributed by atoms with E-state index in [-0.39, 0.29) is 78.7 Å². The molecule has 0 bridgehead atoms. The van der Waals surface area contributed by atoms with E-state index in [9.17, 15) is 0 Å². The Balaban J connectivity index is -0.0000000150. The van der Waals surface area contributed by atoms with Gasteiger partial charge in [0, 0.05) is 0 Å². The van der Waals surface area contributed by atoms with Gasteiger partial charge in [-0.15, -0.1) is 0 Å². The van der Waals surface area contributed by atoms with E-state index in [1.54, 1.807) is 0 Å². The van der Waals surface area contributed by atoms with Crippen LogP contribution < -0.4 is 51.4 Å². The molecular weight excluding hydrogens is 214 g/mol. The molecule has 2 N–H and O–H groups in total. The summed E-state index contributed by atoms with van der Waals surface area (Å²) in [4.78, 5) is 8.56. The average Bonchev–Trinajstić information content (AvgIpc) is 0.811. The standard InChI is InChI=1S/CH2O3.In.K.4H/c2-1(3)4;;;;;;/h(H2,2,3,4);;;;;;/q;;+1;;;;-1. The normalized spacial score (nSPS) is 4.00. The second-order valence-corrected chi connectivity index (χ2v) is 0.283. The SMILES string of the molecule is O=C(O)O.[H-].[InH3].[K+]. The predicted octanol–water partition coefficient (Wildman–Crippen LogP) is -3.85. The number of carbonyl (C=O) groups is 1. The van der Waals surface area contributed by atoms with E-state index in [0.29, 0.717) is 0 Å². The second kappa shape index (κ2) is 9.91. The van der Waals surface area contributed by atoms with Gasteiger partial charge in [0.1, 0.15) is 0 Å². The zero-order valence-corrected chi connectivity index (χ0v) is 5.93. The Morgan fingerprint density at radius 1 is 1.50 bits per heavy atom. The molecule has 0 fully saturated rings.